The molecule has 2 amide bonds. The van der Waals surface area contributed by atoms with Crippen molar-refractivity contribution in [3.8, 4) is 0 Å². The minimum absolute atomic E-state index is 0.0117. The topological polar surface area (TPSA) is 71.3 Å². The van der Waals surface area contributed by atoms with Crippen LogP contribution in [-0.4, -0.2) is 24.4 Å². The Kier molecular flexibility index (Phi) is 5.41. The van der Waals surface area contributed by atoms with Crippen molar-refractivity contribution < 1.29 is 14.0 Å². The van der Waals surface area contributed by atoms with Gasteiger partial charge in [0.2, 0.25) is 11.8 Å². The highest BCUT2D eigenvalue weighted by Gasteiger charge is 2.15. The maximum atomic E-state index is 11.7. The normalized spacial score (nSPS) is 16.2. The molecule has 2 N–H and O–H groups in total. The molecule has 2 rings (SSSR count). The second-order valence-electron chi connectivity index (χ2n) is 4.97. The van der Waals surface area contributed by atoms with Crippen LogP contribution in [0.1, 0.15) is 37.9 Å². The fourth-order valence-corrected chi connectivity index (χ4v) is 2.30. The summed E-state index contributed by atoms with van der Waals surface area (Å²) >= 11 is 0. The summed E-state index contributed by atoms with van der Waals surface area (Å²) in [5.41, 5.74) is 0. The van der Waals surface area contributed by atoms with E-state index in [-0.39, 0.29) is 24.4 Å². The number of hydrogen-bond donors (Lipinski definition) is 2. The van der Waals surface area contributed by atoms with Crippen molar-refractivity contribution in [2.24, 2.45) is 0 Å². The van der Waals surface area contributed by atoms with Gasteiger partial charge < -0.3 is 15.1 Å². The first kappa shape index (κ1) is 14.4. The zero-order valence-corrected chi connectivity index (χ0v) is 11.4. The van der Waals surface area contributed by atoms with E-state index in [2.05, 4.69) is 10.6 Å². The number of carbonyl (C=O) groups excluding carboxylic acids is 2. The van der Waals surface area contributed by atoms with Gasteiger partial charge in [-0.15, -0.1) is 0 Å². The minimum Gasteiger partial charge on any atom is -0.465 e. The highest BCUT2D eigenvalue weighted by molar-refractivity contribution is 5.94. The molecule has 0 atom stereocenters. The molecular formula is C15H20N2O3. The van der Waals surface area contributed by atoms with Crippen molar-refractivity contribution in [2.45, 2.75) is 38.1 Å². The molecule has 5 heteroatoms. The van der Waals surface area contributed by atoms with E-state index in [4.69, 9.17) is 4.42 Å². The summed E-state index contributed by atoms with van der Waals surface area (Å²) in [4.78, 5) is 23.2. The number of rotatable bonds is 5. The molecule has 0 aliphatic heterocycles. The van der Waals surface area contributed by atoms with Crippen LogP contribution in [0.4, 0.5) is 0 Å². The van der Waals surface area contributed by atoms with Crippen LogP contribution in [0.3, 0.4) is 0 Å². The Hall–Kier alpha value is -2.04. The summed E-state index contributed by atoms with van der Waals surface area (Å²) in [6.07, 6.45) is 10.1. The van der Waals surface area contributed by atoms with Crippen molar-refractivity contribution in [1.82, 2.24) is 10.6 Å². The standard InChI is InChI=1S/C15H20N2O3/c18-14(9-8-13-7-4-10-20-13)16-11-15(19)17-12-5-2-1-3-6-12/h4,7-10,12H,1-3,5-6,11H2,(H,16,18)(H,17,19). The SMILES string of the molecule is O=C(C=Cc1ccco1)NCC(=O)NC1CCCCC1. The van der Waals surface area contributed by atoms with Crippen LogP contribution in [0.2, 0.25) is 0 Å². The van der Waals surface area contributed by atoms with Crippen LogP contribution < -0.4 is 10.6 Å². The molecule has 1 saturated carbocycles. The minimum atomic E-state index is -0.305. The van der Waals surface area contributed by atoms with Crippen LogP contribution in [0, 0.1) is 0 Å². The largest absolute Gasteiger partial charge is 0.465 e. The highest BCUT2D eigenvalue weighted by atomic mass is 16.3. The number of carbonyl (C=O) groups is 2. The van der Waals surface area contributed by atoms with Gasteiger partial charge in [-0.3, -0.25) is 9.59 Å². The summed E-state index contributed by atoms with van der Waals surface area (Å²) in [7, 11) is 0. The average Bonchev–Trinajstić information content (AvgIpc) is 2.97. The van der Waals surface area contributed by atoms with Crippen LogP contribution in [0.25, 0.3) is 6.08 Å². The molecule has 1 fully saturated rings. The average molecular weight is 276 g/mol. The molecule has 0 unspecified atom stereocenters. The van der Waals surface area contributed by atoms with E-state index in [1.807, 2.05) is 0 Å². The summed E-state index contributed by atoms with van der Waals surface area (Å²) in [5.74, 6) is 0.170. The van der Waals surface area contributed by atoms with Gasteiger partial charge in [0.05, 0.1) is 12.8 Å². The molecule has 108 valence electrons. The zero-order chi connectivity index (χ0) is 14.2. The van der Waals surface area contributed by atoms with Crippen molar-refractivity contribution in [2.75, 3.05) is 6.54 Å². The van der Waals surface area contributed by atoms with Gasteiger partial charge >= 0.3 is 0 Å². The van der Waals surface area contributed by atoms with E-state index in [1.54, 1.807) is 18.2 Å². The second-order valence-corrected chi connectivity index (χ2v) is 4.97. The Balaban J connectivity index is 1.66. The third kappa shape index (κ3) is 4.91. The number of hydrogen-bond acceptors (Lipinski definition) is 3. The van der Waals surface area contributed by atoms with Crippen LogP contribution in [-0.2, 0) is 9.59 Å². The first-order valence-corrected chi connectivity index (χ1v) is 7.03. The molecule has 20 heavy (non-hydrogen) atoms. The van der Waals surface area contributed by atoms with Gasteiger partial charge in [0, 0.05) is 12.1 Å². The molecule has 0 aromatic carbocycles. The summed E-state index contributed by atoms with van der Waals surface area (Å²) in [5, 5.41) is 5.50. The smallest absolute Gasteiger partial charge is 0.244 e. The van der Waals surface area contributed by atoms with Gasteiger partial charge in [-0.1, -0.05) is 19.3 Å². The molecule has 1 heterocycles. The zero-order valence-electron chi connectivity index (χ0n) is 11.4. The molecule has 1 aliphatic rings. The van der Waals surface area contributed by atoms with Crippen molar-refractivity contribution in [1.29, 1.82) is 0 Å². The Bertz CT molecular complexity index is 459. The van der Waals surface area contributed by atoms with Crippen LogP contribution in [0.5, 0.6) is 0 Å². The summed E-state index contributed by atoms with van der Waals surface area (Å²) in [6, 6.07) is 3.76. The van der Waals surface area contributed by atoms with Gasteiger partial charge in [-0.05, 0) is 31.1 Å². The molecule has 0 spiro atoms. The first-order valence-electron chi connectivity index (χ1n) is 7.03. The maximum absolute atomic E-state index is 11.7. The van der Waals surface area contributed by atoms with Crippen molar-refractivity contribution in [3.63, 3.8) is 0 Å². The molecule has 1 aliphatic carbocycles. The van der Waals surface area contributed by atoms with E-state index < -0.39 is 0 Å². The highest BCUT2D eigenvalue weighted by Crippen LogP contribution is 2.17. The Morgan fingerprint density at radius 1 is 1.30 bits per heavy atom. The molecular weight excluding hydrogens is 256 g/mol. The third-order valence-corrected chi connectivity index (χ3v) is 3.34. The fraction of sp³-hybridized carbons (Fsp3) is 0.467. The monoisotopic (exact) mass is 276 g/mol. The lowest BCUT2D eigenvalue weighted by Gasteiger charge is -2.22. The van der Waals surface area contributed by atoms with Crippen molar-refractivity contribution >= 4 is 17.9 Å². The van der Waals surface area contributed by atoms with Gasteiger partial charge in [0.1, 0.15) is 5.76 Å². The first-order chi connectivity index (χ1) is 9.74. The van der Waals surface area contributed by atoms with Crippen molar-refractivity contribution in [3.05, 3.63) is 30.2 Å². The van der Waals surface area contributed by atoms with E-state index in [1.165, 1.54) is 31.6 Å². The van der Waals surface area contributed by atoms with E-state index in [9.17, 15) is 9.59 Å². The van der Waals surface area contributed by atoms with Gasteiger partial charge in [0.15, 0.2) is 0 Å². The molecule has 0 saturated heterocycles. The van der Waals surface area contributed by atoms with E-state index in [0.29, 0.717) is 5.76 Å². The fourth-order valence-electron chi connectivity index (χ4n) is 2.30. The summed E-state index contributed by atoms with van der Waals surface area (Å²) in [6.45, 7) is 0.0117. The molecule has 0 radical (unpaired) electrons. The molecule has 5 nitrogen and oxygen atoms in total. The lowest BCUT2D eigenvalue weighted by molar-refractivity contribution is -0.124. The molecule has 0 bridgehead atoms. The van der Waals surface area contributed by atoms with Gasteiger partial charge in [0.25, 0.3) is 0 Å². The van der Waals surface area contributed by atoms with Gasteiger partial charge in [-0.2, -0.15) is 0 Å². The predicted molar refractivity (Wildman–Crippen MR) is 75.8 cm³/mol. The lowest BCUT2D eigenvalue weighted by Crippen LogP contribution is -2.42. The third-order valence-electron chi connectivity index (χ3n) is 3.34. The maximum Gasteiger partial charge on any atom is 0.244 e. The van der Waals surface area contributed by atoms with Crippen LogP contribution in [0.15, 0.2) is 28.9 Å². The Morgan fingerprint density at radius 2 is 2.10 bits per heavy atom. The number of furan rings is 1. The van der Waals surface area contributed by atoms with E-state index in [0.717, 1.165) is 12.8 Å². The predicted octanol–water partition coefficient (Wildman–Crippen LogP) is 1.86. The number of amides is 2. The quantitative estimate of drug-likeness (QED) is 0.806. The molecule has 1 aromatic rings. The lowest BCUT2D eigenvalue weighted by atomic mass is 9.95. The second kappa shape index (κ2) is 7.53. The Morgan fingerprint density at radius 3 is 2.80 bits per heavy atom. The number of nitrogens with one attached hydrogen (secondary N) is 2. The van der Waals surface area contributed by atoms with Crippen LogP contribution >= 0.6 is 0 Å². The van der Waals surface area contributed by atoms with Gasteiger partial charge in [-0.25, -0.2) is 0 Å². The summed E-state index contributed by atoms with van der Waals surface area (Å²) < 4.78 is 5.06. The van der Waals surface area contributed by atoms with E-state index >= 15 is 0 Å². The Labute approximate surface area is 118 Å². The molecule has 1 aromatic heterocycles.